The summed E-state index contributed by atoms with van der Waals surface area (Å²) in [5, 5.41) is 10.3. The number of hydrogen-bond donors (Lipinski definition) is 3. The molecule has 0 radical (unpaired) electrons. The van der Waals surface area contributed by atoms with Gasteiger partial charge in [-0.15, -0.1) is 0 Å². The van der Waals surface area contributed by atoms with Crippen LogP contribution in [0.25, 0.3) is 0 Å². The van der Waals surface area contributed by atoms with Crippen molar-refractivity contribution in [1.29, 1.82) is 5.41 Å². The van der Waals surface area contributed by atoms with Crippen LogP contribution in [0.15, 0.2) is 4.99 Å². The Kier molecular flexibility index (Phi) is 2.64. The number of nitrogens with two attached hydrogens (primary N) is 1. The van der Waals surface area contributed by atoms with Crippen LogP contribution in [0.4, 0.5) is 0 Å². The molecule has 4 N–H and O–H groups in total. The first-order valence-corrected chi connectivity index (χ1v) is 5.83. The molecule has 7 heteroatoms. The van der Waals surface area contributed by atoms with Crippen LogP contribution >= 0.6 is 0 Å². The molecular formula is C11H19N6O+. The van der Waals surface area contributed by atoms with Gasteiger partial charge >= 0.3 is 0 Å². The van der Waals surface area contributed by atoms with E-state index < -0.39 is 6.04 Å². The van der Waals surface area contributed by atoms with Crippen LogP contribution in [0.5, 0.6) is 0 Å². The lowest BCUT2D eigenvalue weighted by atomic mass is 10.1. The van der Waals surface area contributed by atoms with Crippen molar-refractivity contribution < 1.29 is 9.37 Å². The first-order chi connectivity index (χ1) is 8.21. The summed E-state index contributed by atoms with van der Waals surface area (Å²) in [6.07, 6.45) is 1.40. The van der Waals surface area contributed by atoms with Gasteiger partial charge in [-0.05, 0) is 20.8 Å². The molecular weight excluding hydrogens is 232 g/mol. The highest BCUT2D eigenvalue weighted by atomic mass is 16.2. The van der Waals surface area contributed by atoms with E-state index in [-0.39, 0.29) is 23.6 Å². The number of rotatable bonds is 0. The van der Waals surface area contributed by atoms with Gasteiger partial charge in [0.1, 0.15) is 0 Å². The van der Waals surface area contributed by atoms with Gasteiger partial charge in [-0.25, -0.2) is 14.5 Å². The molecule has 2 atom stereocenters. The highest BCUT2D eigenvalue weighted by Gasteiger charge is 2.53. The molecule has 0 fully saturated rings. The number of hydrogen-bond acceptors (Lipinski definition) is 4. The largest absolute Gasteiger partial charge is 0.369 e. The third-order valence-corrected chi connectivity index (χ3v) is 3.07. The summed E-state index contributed by atoms with van der Waals surface area (Å²) < 4.78 is 1.96. The molecule has 98 valence electrons. The number of carbonyl (C=O) groups excluding carboxylic acids is 1. The lowest BCUT2D eigenvalue weighted by molar-refractivity contribution is -0.618. The molecule has 18 heavy (non-hydrogen) atoms. The predicted molar refractivity (Wildman–Crippen MR) is 68.7 cm³/mol. The van der Waals surface area contributed by atoms with Crippen molar-refractivity contribution >= 4 is 24.0 Å². The van der Waals surface area contributed by atoms with E-state index in [1.807, 2.05) is 25.3 Å². The van der Waals surface area contributed by atoms with Crippen molar-refractivity contribution in [3.8, 4) is 0 Å². The van der Waals surface area contributed by atoms with Crippen molar-refractivity contribution in [3.05, 3.63) is 0 Å². The van der Waals surface area contributed by atoms with Crippen molar-refractivity contribution in [2.45, 2.75) is 45.4 Å². The number of amides is 1. The second-order valence-electron chi connectivity index (χ2n) is 5.55. The van der Waals surface area contributed by atoms with Crippen LogP contribution in [-0.4, -0.2) is 51.3 Å². The summed E-state index contributed by atoms with van der Waals surface area (Å²) in [5.41, 5.74) is 5.41. The Hall–Kier alpha value is -1.92. The lowest BCUT2D eigenvalue weighted by Gasteiger charge is -2.27. The molecule has 0 saturated carbocycles. The second kappa shape index (κ2) is 3.79. The molecule has 1 amide bonds. The van der Waals surface area contributed by atoms with E-state index in [0.717, 1.165) is 0 Å². The fourth-order valence-electron chi connectivity index (χ4n) is 2.20. The molecule has 0 aliphatic carbocycles. The van der Waals surface area contributed by atoms with Crippen molar-refractivity contribution in [2.24, 2.45) is 10.7 Å². The average Bonchev–Trinajstić information content (AvgIpc) is 2.55. The van der Waals surface area contributed by atoms with Crippen LogP contribution in [0.2, 0.25) is 0 Å². The molecule has 2 rings (SSSR count). The van der Waals surface area contributed by atoms with Crippen molar-refractivity contribution in [2.75, 3.05) is 0 Å². The Labute approximate surface area is 106 Å². The molecule has 0 aromatic rings. The minimum absolute atomic E-state index is 0.133. The molecule has 0 aromatic heterocycles. The SMILES string of the molecule is CC(=N)N1C=[N+](C(C)(C)C)C2N=C(N)NC(=O)C21. The summed E-state index contributed by atoms with van der Waals surface area (Å²) >= 11 is 0. The van der Waals surface area contributed by atoms with E-state index in [0.29, 0.717) is 5.84 Å². The average molecular weight is 251 g/mol. The number of carbonyl (C=O) groups is 1. The van der Waals surface area contributed by atoms with E-state index >= 15 is 0 Å². The third-order valence-electron chi connectivity index (χ3n) is 3.07. The van der Waals surface area contributed by atoms with Gasteiger partial charge in [0.25, 0.3) is 5.91 Å². The summed E-state index contributed by atoms with van der Waals surface area (Å²) in [6.45, 7) is 7.74. The fourth-order valence-corrected chi connectivity index (χ4v) is 2.20. The second-order valence-corrected chi connectivity index (χ2v) is 5.55. The van der Waals surface area contributed by atoms with Gasteiger partial charge in [-0.2, -0.15) is 0 Å². The molecule has 0 spiro atoms. The van der Waals surface area contributed by atoms with Crippen LogP contribution in [-0.2, 0) is 4.79 Å². The number of amidine groups is 1. The van der Waals surface area contributed by atoms with Gasteiger partial charge < -0.3 is 5.73 Å². The number of nitrogens with zero attached hydrogens (tertiary/aromatic N) is 3. The maximum absolute atomic E-state index is 12.0. The highest BCUT2D eigenvalue weighted by molar-refractivity contribution is 6.04. The monoisotopic (exact) mass is 251 g/mol. The maximum Gasteiger partial charge on any atom is 0.278 e. The minimum atomic E-state index is -0.519. The molecule has 2 aliphatic heterocycles. The number of guanidine groups is 1. The molecule has 2 aliphatic rings. The van der Waals surface area contributed by atoms with Gasteiger partial charge in [0.05, 0.1) is 5.54 Å². The Morgan fingerprint density at radius 3 is 2.72 bits per heavy atom. The first kappa shape index (κ1) is 12.5. The van der Waals surface area contributed by atoms with Crippen LogP contribution in [0, 0.1) is 5.41 Å². The Morgan fingerprint density at radius 1 is 1.61 bits per heavy atom. The Balaban J connectivity index is 2.49. The van der Waals surface area contributed by atoms with Crippen LogP contribution in [0.3, 0.4) is 0 Å². The smallest absolute Gasteiger partial charge is 0.278 e. The van der Waals surface area contributed by atoms with Crippen LogP contribution < -0.4 is 11.1 Å². The molecule has 2 heterocycles. The van der Waals surface area contributed by atoms with Crippen molar-refractivity contribution in [1.82, 2.24) is 10.2 Å². The standard InChI is InChI=1S/C11H18N6O/c1-6(12)16-5-17(11(2,3)4)8-7(16)9(18)15-10(13)14-8/h5,7-8,12H,1-4H3,(H2-,13,14,15,18)/p+1. The van der Waals surface area contributed by atoms with E-state index in [1.165, 1.54) is 0 Å². The quantitative estimate of drug-likeness (QED) is 0.301. The zero-order valence-electron chi connectivity index (χ0n) is 11.1. The molecule has 7 nitrogen and oxygen atoms in total. The van der Waals surface area contributed by atoms with Gasteiger partial charge in [0.2, 0.25) is 18.5 Å². The minimum Gasteiger partial charge on any atom is -0.369 e. The van der Waals surface area contributed by atoms with Gasteiger partial charge in [-0.1, -0.05) is 0 Å². The predicted octanol–water partition coefficient (Wildman–Crippen LogP) is -0.722. The first-order valence-electron chi connectivity index (χ1n) is 5.83. The maximum atomic E-state index is 12.0. The number of fused-ring (bicyclic) bond motifs is 1. The molecule has 0 saturated heterocycles. The zero-order chi connectivity index (χ0) is 13.7. The van der Waals surface area contributed by atoms with E-state index in [1.54, 1.807) is 18.2 Å². The topological polar surface area (TPSA) is 97.6 Å². The molecule has 2 unspecified atom stereocenters. The van der Waals surface area contributed by atoms with Crippen molar-refractivity contribution in [3.63, 3.8) is 0 Å². The fraction of sp³-hybridized carbons (Fsp3) is 0.636. The van der Waals surface area contributed by atoms with E-state index in [9.17, 15) is 4.79 Å². The summed E-state index contributed by atoms with van der Waals surface area (Å²) in [4.78, 5) is 17.9. The summed E-state index contributed by atoms with van der Waals surface area (Å²) in [5.74, 6) is 0.220. The number of nitrogens with one attached hydrogen (secondary N) is 2. The van der Waals surface area contributed by atoms with E-state index in [2.05, 4.69) is 10.3 Å². The zero-order valence-corrected chi connectivity index (χ0v) is 11.1. The Morgan fingerprint density at radius 2 is 2.22 bits per heavy atom. The van der Waals surface area contributed by atoms with Gasteiger partial charge in [0.15, 0.2) is 11.8 Å². The molecule has 0 aromatic carbocycles. The van der Waals surface area contributed by atoms with Gasteiger partial charge in [-0.3, -0.25) is 15.5 Å². The normalized spacial score (nSPS) is 27.3. The lowest BCUT2D eigenvalue weighted by Crippen LogP contribution is -2.58. The third kappa shape index (κ3) is 1.85. The molecule has 0 bridgehead atoms. The van der Waals surface area contributed by atoms with Gasteiger partial charge in [0, 0.05) is 6.92 Å². The highest BCUT2D eigenvalue weighted by Crippen LogP contribution is 2.24. The van der Waals surface area contributed by atoms with E-state index in [4.69, 9.17) is 11.1 Å². The number of aliphatic imine (C=N–C) groups is 1. The summed E-state index contributed by atoms with van der Waals surface area (Å²) in [7, 11) is 0. The van der Waals surface area contributed by atoms with Crippen LogP contribution in [0.1, 0.15) is 27.7 Å². The Bertz CT molecular complexity index is 472. The summed E-state index contributed by atoms with van der Waals surface area (Å²) in [6, 6.07) is -0.519.